The van der Waals surface area contributed by atoms with E-state index >= 15 is 0 Å². The minimum atomic E-state index is -1.01. The number of guanidine groups is 2. The molecule has 1 aliphatic carbocycles. The number of halogens is 1. The molecule has 1 aliphatic rings. The summed E-state index contributed by atoms with van der Waals surface area (Å²) < 4.78 is 49.2. The summed E-state index contributed by atoms with van der Waals surface area (Å²) in [6.07, 6.45) is 6.39. The van der Waals surface area contributed by atoms with Crippen LogP contribution in [0.5, 0.6) is 0 Å². The first-order valence-electron chi connectivity index (χ1n) is 38.9. The van der Waals surface area contributed by atoms with Gasteiger partial charge >= 0.3 is 0 Å². The lowest BCUT2D eigenvalue weighted by atomic mass is 9.71. The number of hydrogen-bond acceptors (Lipinski definition) is 21. The second-order valence-electron chi connectivity index (χ2n) is 27.6. The second-order valence-corrected chi connectivity index (χ2v) is 28.1. The Labute approximate surface area is 685 Å². The summed E-state index contributed by atoms with van der Waals surface area (Å²) in [4.78, 5) is 126. The lowest BCUT2D eigenvalue weighted by Gasteiger charge is -2.36. The molecule has 0 aliphatic heterocycles. The Morgan fingerprint density at radius 1 is 0.496 bits per heavy atom. The number of aryl methyl sites for hydroxylation is 3. The largest absolute Gasteiger partial charge is 0.378 e. The van der Waals surface area contributed by atoms with Gasteiger partial charge in [-0.2, -0.15) is 0 Å². The Morgan fingerprint density at radius 2 is 0.966 bits per heavy atom. The highest BCUT2D eigenvalue weighted by atomic mass is 35.5. The van der Waals surface area contributed by atoms with E-state index < -0.39 is 47.5 Å². The van der Waals surface area contributed by atoms with E-state index in [-0.39, 0.29) is 135 Å². The number of Topliss-reactive ketones (excluding diaryl/α,β-unsaturated/α-hetero) is 1. The van der Waals surface area contributed by atoms with Crippen molar-refractivity contribution in [3.8, 4) is 11.1 Å². The van der Waals surface area contributed by atoms with E-state index in [2.05, 4.69) is 76.9 Å². The molecule has 19 N–H and O–H groups in total. The summed E-state index contributed by atoms with van der Waals surface area (Å²) >= 11 is 6.14. The monoisotopic (exact) mass is 1650 g/mol. The van der Waals surface area contributed by atoms with E-state index in [1.807, 2.05) is 54.6 Å². The van der Waals surface area contributed by atoms with E-state index in [0.29, 0.717) is 140 Å². The van der Waals surface area contributed by atoms with Crippen molar-refractivity contribution in [3.63, 3.8) is 0 Å². The highest BCUT2D eigenvalue weighted by Gasteiger charge is 2.36. The van der Waals surface area contributed by atoms with Crippen molar-refractivity contribution >= 4 is 99.3 Å². The van der Waals surface area contributed by atoms with Gasteiger partial charge in [0, 0.05) is 114 Å². The number of aromatic nitrogens is 3. The minimum Gasteiger partial charge on any atom is -0.378 e. The number of ether oxygens (including phenoxy) is 8. The molecule has 37 heteroatoms. The fourth-order valence-corrected chi connectivity index (χ4v) is 12.8. The van der Waals surface area contributed by atoms with Crippen LogP contribution in [0.2, 0.25) is 5.02 Å². The molecule has 0 bridgehead atoms. The number of nitrogens with one attached hydrogen (secondary N) is 9. The molecular weight excluding hydrogens is 1530 g/mol. The zero-order chi connectivity index (χ0) is 84.4. The van der Waals surface area contributed by atoms with Crippen LogP contribution in [0, 0.1) is 5.92 Å². The Bertz CT molecular complexity index is 4240. The number of carbonyl (C=O) groups is 9. The summed E-state index contributed by atoms with van der Waals surface area (Å²) in [6, 6.07) is 24.0. The SMILES string of the molecule is CC(=O)C1c2ccc(-c3ccc(C(=O)NCCOCCOCCOCCOCCOCCOCCOCCOCCNC(=O)c4cc(NC(=O)CCNC(=O)c5c(NC(=O)c6cc(NC(=O)CCNC(=O)[C@H](CCCN=C(N)N)NC(=O)[C@@H](N)CCCN=C(N)N)cn6C)ccn5C)cn4C)cc3)cc2[C@H](Nc2ccc(Cl)cc2)C[C@@H]1C. The van der Waals surface area contributed by atoms with Crippen LogP contribution in [0.1, 0.15) is 124 Å². The fourth-order valence-electron chi connectivity index (χ4n) is 12.7. The van der Waals surface area contributed by atoms with Crippen LogP contribution in [0.3, 0.4) is 0 Å². The van der Waals surface area contributed by atoms with Gasteiger partial charge in [0.1, 0.15) is 28.9 Å². The van der Waals surface area contributed by atoms with E-state index in [4.69, 9.17) is 78.2 Å². The van der Waals surface area contributed by atoms with Crippen LogP contribution in [0.4, 0.5) is 22.7 Å². The molecule has 117 heavy (non-hydrogen) atoms. The number of aliphatic imine (C=N–C) groups is 2. The number of nitrogens with two attached hydrogens (primary N) is 5. The molecule has 0 saturated heterocycles. The smallest absolute Gasteiger partial charge is 0.272 e. The molecule has 7 rings (SSSR count). The number of anilines is 4. The van der Waals surface area contributed by atoms with Crippen LogP contribution in [0.15, 0.2) is 114 Å². The van der Waals surface area contributed by atoms with Crippen LogP contribution in [-0.2, 0) is 83.0 Å². The average molecular weight is 1650 g/mol. The molecule has 5 atom stereocenters. The highest BCUT2D eigenvalue weighted by molar-refractivity contribution is 6.30. The molecule has 0 spiro atoms. The molecule has 638 valence electrons. The van der Waals surface area contributed by atoms with Gasteiger partial charge in [0.15, 0.2) is 11.9 Å². The topological polar surface area (TPSA) is 505 Å². The van der Waals surface area contributed by atoms with E-state index in [0.717, 1.165) is 34.4 Å². The normalized spacial score (nSPS) is 14.1. The zero-order valence-electron chi connectivity index (χ0n) is 67.1. The lowest BCUT2D eigenvalue weighted by Crippen LogP contribution is -2.52. The predicted molar refractivity (Wildman–Crippen MR) is 444 cm³/mol. The zero-order valence-corrected chi connectivity index (χ0v) is 67.9. The fraction of sp³-hybridized carbons (Fsp3) is 0.487. The first kappa shape index (κ1) is 93.4. The molecule has 0 radical (unpaired) electrons. The van der Waals surface area contributed by atoms with Crippen molar-refractivity contribution in [2.24, 2.45) is 65.7 Å². The van der Waals surface area contributed by atoms with Gasteiger partial charge in [0.05, 0.1) is 135 Å². The van der Waals surface area contributed by atoms with Crippen molar-refractivity contribution in [1.29, 1.82) is 0 Å². The summed E-state index contributed by atoms with van der Waals surface area (Å²) in [6.45, 7) is 10.6. The number of hydrogen-bond donors (Lipinski definition) is 14. The third-order valence-electron chi connectivity index (χ3n) is 18.5. The van der Waals surface area contributed by atoms with Gasteiger partial charge in [-0.15, -0.1) is 0 Å². The Morgan fingerprint density at radius 3 is 1.48 bits per heavy atom. The molecule has 0 fully saturated rings. The number of ketones is 1. The number of fused-ring (bicyclic) bond motifs is 1. The Balaban J connectivity index is 0.637. The predicted octanol–water partition coefficient (Wildman–Crippen LogP) is 3.56. The molecule has 3 aromatic heterocycles. The summed E-state index contributed by atoms with van der Waals surface area (Å²) in [5.41, 5.74) is 34.6. The van der Waals surface area contributed by atoms with Gasteiger partial charge in [-0.3, -0.25) is 53.1 Å². The van der Waals surface area contributed by atoms with E-state index in [9.17, 15) is 43.2 Å². The van der Waals surface area contributed by atoms with Crippen molar-refractivity contribution in [3.05, 3.63) is 142 Å². The maximum Gasteiger partial charge on any atom is 0.272 e. The van der Waals surface area contributed by atoms with Crippen molar-refractivity contribution < 1.29 is 81.0 Å². The number of rotatable bonds is 55. The molecule has 1 unspecified atom stereocenters. The van der Waals surface area contributed by atoms with Gasteiger partial charge in [0.2, 0.25) is 23.6 Å². The third-order valence-corrected chi connectivity index (χ3v) is 18.7. The van der Waals surface area contributed by atoms with Gasteiger partial charge in [-0.25, -0.2) is 0 Å². The van der Waals surface area contributed by atoms with Gasteiger partial charge in [-0.05, 0) is 128 Å². The van der Waals surface area contributed by atoms with E-state index in [1.165, 1.54) is 33.5 Å². The molecule has 3 heterocycles. The Kier molecular flexibility index (Phi) is 40.4. The van der Waals surface area contributed by atoms with Crippen LogP contribution in [-0.4, -0.2) is 236 Å². The standard InChI is InChI=1S/C80H114ClN19O17/c1-52-46-66(93-58-17-15-57(81)16-18-58)62-47-56(14-19-61(62)71(52)53(2)101)54-10-12-55(13-11-54)73(104)89-27-30-110-32-34-112-36-38-114-40-42-116-44-45-117-43-41-115-39-37-113-35-33-111-31-28-90-76(107)67-48-59(50-99(67)4)94-70(103)21-26-88-78(109)72-64(22-29-98(72)3)96-77(108)68-49-60(51-100(68)5)95-69(102)20-25-87-75(106)65(9-7-24-92-80(85)86)97-74(105)63(82)8-6-23-91-79(83)84/h10-19,22,29,47-52,63,65-66,71,93H,6-9,20-21,23-28,30-46,82H2,1-5H3,(H,87,106)(H,88,109)(H,89,104)(H,90,107)(H,94,103)(H,95,102)(H,96,108)(H,97,105)(H4,83,84,91)(H4,85,86,92)/t52-,63-,65-,66+,71?/m0/s1. The number of nitrogens with zero attached hydrogens (tertiary/aromatic N) is 5. The molecular formula is C80H114ClN19O17. The summed E-state index contributed by atoms with van der Waals surface area (Å²) in [7, 11) is 4.87. The summed E-state index contributed by atoms with van der Waals surface area (Å²) in [5, 5.41) is 26.2. The first-order chi connectivity index (χ1) is 56.3. The highest BCUT2D eigenvalue weighted by Crippen LogP contribution is 2.45. The van der Waals surface area contributed by atoms with Crippen molar-refractivity contribution in [2.75, 3.05) is 166 Å². The molecule has 36 nitrogen and oxygen atoms in total. The van der Waals surface area contributed by atoms with E-state index in [1.54, 1.807) is 45.0 Å². The van der Waals surface area contributed by atoms with Crippen LogP contribution in [0.25, 0.3) is 11.1 Å². The molecule has 0 saturated carbocycles. The van der Waals surface area contributed by atoms with Crippen LogP contribution < -0.4 is 76.5 Å². The lowest BCUT2D eigenvalue weighted by molar-refractivity contribution is -0.130. The summed E-state index contributed by atoms with van der Waals surface area (Å²) in [5.74, 6) is -3.83. The number of amides is 8. The third kappa shape index (κ3) is 33.0. The minimum absolute atomic E-state index is 0.0111. The number of carbonyl (C=O) groups excluding carboxylic acids is 9. The average Bonchev–Trinajstić information content (AvgIpc) is 1.49. The quantitative estimate of drug-likeness (QED) is 0.0147. The first-order valence-corrected chi connectivity index (χ1v) is 39.3. The molecule has 6 aromatic rings. The molecule has 8 amide bonds. The van der Waals surface area contributed by atoms with Gasteiger partial charge in [-0.1, -0.05) is 42.8 Å². The van der Waals surface area contributed by atoms with Crippen molar-refractivity contribution in [2.45, 2.75) is 82.8 Å². The van der Waals surface area contributed by atoms with Gasteiger partial charge < -0.3 is 128 Å². The maximum atomic E-state index is 13.6. The van der Waals surface area contributed by atoms with Crippen LogP contribution >= 0.6 is 11.6 Å². The van der Waals surface area contributed by atoms with Gasteiger partial charge in [0.25, 0.3) is 23.6 Å². The van der Waals surface area contributed by atoms with Crippen molar-refractivity contribution in [1.82, 2.24) is 40.3 Å². The number of benzene rings is 3. The Hall–Kier alpha value is -10.8. The second kappa shape index (κ2) is 50.6. The molecule has 3 aromatic carbocycles. The maximum absolute atomic E-state index is 13.6.